The number of esters is 1. The molecule has 0 spiro atoms. The molecule has 1 saturated heterocycles. The topological polar surface area (TPSA) is 191 Å². The number of ether oxygens (including phenoxy) is 1. The van der Waals surface area contributed by atoms with Gasteiger partial charge in [-0.3, -0.25) is 14.1 Å². The monoisotopic (exact) mass is 601 g/mol. The average Bonchev–Trinajstić information content (AvgIpc) is 3.36. The van der Waals surface area contributed by atoms with E-state index in [4.69, 9.17) is 15.3 Å². The zero-order valence-electron chi connectivity index (χ0n) is 22.1. The fraction of sp³-hybridized carbons (Fsp3) is 0.269. The third kappa shape index (κ3) is 6.53. The van der Waals surface area contributed by atoms with Gasteiger partial charge in [-0.1, -0.05) is 65.8 Å². The maximum atomic E-state index is 13.3. The van der Waals surface area contributed by atoms with Crippen LogP contribution in [0.25, 0.3) is 0 Å². The lowest BCUT2D eigenvalue weighted by atomic mass is 10.0. The highest BCUT2D eigenvalue weighted by Gasteiger charge is 2.51. The number of oxime groups is 1. The number of nitrogens with zero attached hydrogens (tertiary/aromatic N) is 3. The molecule has 15 heteroatoms. The number of benzene rings is 2. The normalized spacial score (nSPS) is 17.6. The van der Waals surface area contributed by atoms with Gasteiger partial charge in [0.2, 0.25) is 5.60 Å². The molecule has 2 aromatic carbocycles. The number of nitrogens with two attached hydrogens (primary N) is 1. The van der Waals surface area contributed by atoms with Crippen LogP contribution < -0.4 is 11.1 Å². The number of anilines is 1. The van der Waals surface area contributed by atoms with E-state index in [1.807, 2.05) is 60.7 Å². The highest BCUT2D eigenvalue weighted by molar-refractivity contribution is 7.84. The van der Waals surface area contributed by atoms with Crippen LogP contribution in [0.3, 0.4) is 0 Å². The van der Waals surface area contributed by atoms with Crippen LogP contribution in [0.5, 0.6) is 0 Å². The van der Waals surface area contributed by atoms with Crippen LogP contribution >= 0.6 is 11.3 Å². The minimum Gasteiger partial charge on any atom is -0.450 e. The van der Waals surface area contributed by atoms with Gasteiger partial charge in [-0.15, -0.1) is 11.3 Å². The summed E-state index contributed by atoms with van der Waals surface area (Å²) in [4.78, 5) is 48.3. The van der Waals surface area contributed by atoms with Crippen molar-refractivity contribution in [1.29, 1.82) is 0 Å². The first kappa shape index (κ1) is 29.6. The lowest BCUT2D eigenvalue weighted by Gasteiger charge is -2.42. The summed E-state index contributed by atoms with van der Waals surface area (Å²) >= 11 is 1.01. The van der Waals surface area contributed by atoms with Gasteiger partial charge in [0.15, 0.2) is 16.9 Å². The van der Waals surface area contributed by atoms with Gasteiger partial charge in [0, 0.05) is 5.38 Å². The van der Waals surface area contributed by atoms with Crippen LogP contribution in [0.4, 0.5) is 5.13 Å². The summed E-state index contributed by atoms with van der Waals surface area (Å²) in [6, 6.07) is 15.9. The summed E-state index contributed by atoms with van der Waals surface area (Å²) in [5.41, 5.74) is 5.03. The van der Waals surface area contributed by atoms with Crippen LogP contribution in [0.1, 0.15) is 43.7 Å². The van der Waals surface area contributed by atoms with Crippen LogP contribution in [-0.4, -0.2) is 63.4 Å². The Bertz CT molecular complexity index is 1540. The summed E-state index contributed by atoms with van der Waals surface area (Å²) < 4.78 is 38.1. The Hall–Kier alpha value is -4.34. The predicted molar refractivity (Wildman–Crippen MR) is 149 cm³/mol. The Labute approximate surface area is 239 Å². The predicted octanol–water partition coefficient (Wildman–Crippen LogP) is 2.08. The van der Waals surface area contributed by atoms with Gasteiger partial charge in [0.05, 0.1) is 6.04 Å². The third-order valence-electron chi connectivity index (χ3n) is 6.14. The van der Waals surface area contributed by atoms with E-state index in [2.05, 4.69) is 15.5 Å². The van der Waals surface area contributed by atoms with E-state index in [0.29, 0.717) is 0 Å². The zero-order chi connectivity index (χ0) is 29.9. The Balaban J connectivity index is 1.55. The van der Waals surface area contributed by atoms with Crippen LogP contribution in [0.15, 0.2) is 71.2 Å². The van der Waals surface area contributed by atoms with E-state index >= 15 is 0 Å². The van der Waals surface area contributed by atoms with Crippen molar-refractivity contribution < 1.29 is 36.9 Å². The number of hydrogen-bond donors (Lipinski definition) is 3. The van der Waals surface area contributed by atoms with Gasteiger partial charge >= 0.3 is 16.3 Å². The number of nitrogens with one attached hydrogen (secondary N) is 1. The molecule has 41 heavy (non-hydrogen) atoms. The molecule has 0 unspecified atom stereocenters. The summed E-state index contributed by atoms with van der Waals surface area (Å²) in [7, 11) is -4.79. The van der Waals surface area contributed by atoms with Crippen molar-refractivity contribution in [3.63, 3.8) is 0 Å². The number of carbonyl (C=O) groups excluding carboxylic acids is 3. The lowest BCUT2D eigenvalue weighted by molar-refractivity contribution is -0.172. The smallest absolute Gasteiger partial charge is 0.362 e. The molecule has 2 heterocycles. The van der Waals surface area contributed by atoms with E-state index in [-0.39, 0.29) is 15.1 Å². The standard InChI is InChI=1S/C26H27N5O8S2/c1-15-19(23(33)31(15)41(35,36)37)29-22(32)20(18-14-40-25(27)28-18)30-39-26(2,3)24(34)38-21(16-10-6-4-7-11-16)17-12-8-5-9-13-17/h4-15,19,21H,1-3H3,(H2,27,28)(H,29,32)(H,35,36,37)/t15-,19-/m0/s1. The van der Waals surface area contributed by atoms with E-state index in [1.165, 1.54) is 26.2 Å². The SMILES string of the molecule is C[C@H]1[C@H](NC(=O)C(=NOC(C)(C)C(=O)OC(c2ccccc2)c2ccccc2)c2csc(N)n2)C(=O)N1S(=O)(=O)O. The van der Waals surface area contributed by atoms with E-state index in [0.717, 1.165) is 22.5 Å². The van der Waals surface area contributed by atoms with Crippen LogP contribution in [0.2, 0.25) is 0 Å². The second kappa shape index (κ2) is 11.6. The molecule has 0 radical (unpaired) electrons. The number of hydrogen-bond acceptors (Lipinski definition) is 11. The Kier molecular flexibility index (Phi) is 8.42. The minimum atomic E-state index is -4.79. The van der Waals surface area contributed by atoms with Gasteiger partial charge in [-0.2, -0.15) is 8.42 Å². The first-order valence-electron chi connectivity index (χ1n) is 12.2. The number of amides is 2. The molecule has 1 fully saturated rings. The fourth-order valence-corrected chi connectivity index (χ4v) is 5.37. The summed E-state index contributed by atoms with van der Waals surface area (Å²) in [5.74, 6) is -2.78. The summed E-state index contributed by atoms with van der Waals surface area (Å²) in [6.45, 7) is 4.12. The van der Waals surface area contributed by atoms with E-state index in [9.17, 15) is 27.4 Å². The van der Waals surface area contributed by atoms with Crippen LogP contribution in [0, 0.1) is 0 Å². The van der Waals surface area contributed by atoms with Gasteiger partial charge in [0.1, 0.15) is 11.7 Å². The Morgan fingerprint density at radius 2 is 1.68 bits per heavy atom. The van der Waals surface area contributed by atoms with Crippen molar-refractivity contribution in [2.75, 3.05) is 5.73 Å². The second-order valence-electron chi connectivity index (χ2n) is 9.52. The van der Waals surface area contributed by atoms with Crippen molar-refractivity contribution in [3.8, 4) is 0 Å². The molecule has 0 saturated carbocycles. The molecule has 13 nitrogen and oxygen atoms in total. The highest BCUT2D eigenvalue weighted by atomic mass is 32.2. The molecule has 1 aliphatic heterocycles. The van der Waals surface area contributed by atoms with Gasteiger partial charge in [-0.25, -0.2) is 14.1 Å². The Morgan fingerprint density at radius 1 is 1.12 bits per heavy atom. The number of carbonyl (C=O) groups is 3. The van der Waals surface area contributed by atoms with Gasteiger partial charge in [0.25, 0.3) is 11.8 Å². The largest absolute Gasteiger partial charge is 0.450 e. The molecule has 0 aliphatic carbocycles. The quantitative estimate of drug-likeness (QED) is 0.102. The first-order valence-corrected chi connectivity index (χ1v) is 14.5. The molecule has 2 atom stereocenters. The number of nitrogen functional groups attached to an aromatic ring is 1. The fourth-order valence-electron chi connectivity index (χ4n) is 3.94. The molecular weight excluding hydrogens is 574 g/mol. The molecule has 0 bridgehead atoms. The summed E-state index contributed by atoms with van der Waals surface area (Å²) in [6.07, 6.45) is -0.755. The second-order valence-corrected chi connectivity index (χ2v) is 11.7. The lowest BCUT2D eigenvalue weighted by Crippen LogP contribution is -2.71. The number of thiazole rings is 1. The Morgan fingerprint density at radius 3 is 2.15 bits per heavy atom. The minimum absolute atomic E-state index is 0.00771. The molecule has 3 aromatic rings. The van der Waals surface area contributed by atoms with E-state index < -0.39 is 57.6 Å². The molecule has 2 amide bonds. The number of rotatable bonds is 10. The molecule has 4 rings (SSSR count). The highest BCUT2D eigenvalue weighted by Crippen LogP contribution is 2.29. The van der Waals surface area contributed by atoms with Crippen molar-refractivity contribution >= 4 is 50.3 Å². The molecule has 1 aliphatic rings. The zero-order valence-corrected chi connectivity index (χ0v) is 23.8. The van der Waals surface area contributed by atoms with Crippen molar-refractivity contribution in [2.24, 2.45) is 5.16 Å². The number of β-lactam (4-membered cyclic amide) rings is 1. The van der Waals surface area contributed by atoms with Gasteiger partial charge in [-0.05, 0) is 31.9 Å². The maximum absolute atomic E-state index is 13.3. The van der Waals surface area contributed by atoms with Crippen LogP contribution in [-0.2, 0) is 34.3 Å². The molecule has 216 valence electrons. The summed E-state index contributed by atoms with van der Waals surface area (Å²) in [5, 5.41) is 7.77. The first-order chi connectivity index (χ1) is 19.3. The van der Waals surface area contributed by atoms with E-state index in [1.54, 1.807) is 0 Å². The average molecular weight is 602 g/mol. The number of aromatic nitrogens is 1. The van der Waals surface area contributed by atoms with Crippen molar-refractivity contribution in [3.05, 3.63) is 82.9 Å². The third-order valence-corrected chi connectivity index (χ3v) is 7.82. The van der Waals surface area contributed by atoms with Gasteiger partial charge < -0.3 is 20.6 Å². The molecule has 1 aromatic heterocycles. The molecule has 4 N–H and O–H groups in total. The molecular formula is C26H27N5O8S2. The van der Waals surface area contributed by atoms with Crippen molar-refractivity contribution in [2.45, 2.75) is 44.6 Å². The maximum Gasteiger partial charge on any atom is 0.362 e. The van der Waals surface area contributed by atoms with Crippen molar-refractivity contribution in [1.82, 2.24) is 14.6 Å².